The van der Waals surface area contributed by atoms with Crippen LogP contribution in [-0.2, 0) is 9.53 Å². The Hall–Kier alpha value is -0.870. The molecule has 0 radical (unpaired) electrons. The Kier molecular flexibility index (Phi) is 2.83. The number of rotatable bonds is 3. The van der Waals surface area contributed by atoms with E-state index in [2.05, 4.69) is 0 Å². The largest absolute Gasteiger partial charge is 0.479 e. The van der Waals surface area contributed by atoms with E-state index in [0.717, 1.165) is 0 Å². The summed E-state index contributed by atoms with van der Waals surface area (Å²) in [4.78, 5) is 10.4. The van der Waals surface area contributed by atoms with Crippen LogP contribution >= 0.6 is 0 Å². The van der Waals surface area contributed by atoms with Crippen molar-refractivity contribution in [2.75, 3.05) is 0 Å². The highest BCUT2D eigenvalue weighted by molar-refractivity contribution is 5.71. The molecule has 1 aliphatic rings. The summed E-state index contributed by atoms with van der Waals surface area (Å²) in [5, 5.41) is 17.5. The van der Waals surface area contributed by atoms with Gasteiger partial charge in [0.1, 0.15) is 0 Å². The molecule has 2 N–H and O–H groups in total. The molecule has 0 spiro atoms. The fourth-order valence-electron chi connectivity index (χ4n) is 1.07. The molecule has 3 atom stereocenters. The van der Waals surface area contributed by atoms with Crippen molar-refractivity contribution in [2.24, 2.45) is 0 Å². The Morgan fingerprint density at radius 1 is 1.67 bits per heavy atom. The molecule has 0 aromatic rings. The van der Waals surface area contributed by atoms with Crippen LogP contribution in [0.2, 0.25) is 0 Å². The molecular weight excluding hydrogens is 160 g/mol. The smallest absolute Gasteiger partial charge is 0.332 e. The van der Waals surface area contributed by atoms with Gasteiger partial charge in [-0.05, 0) is 6.92 Å². The first-order chi connectivity index (χ1) is 5.59. The van der Waals surface area contributed by atoms with E-state index in [0.29, 0.717) is 6.42 Å². The predicted molar refractivity (Wildman–Crippen MR) is 41.7 cm³/mol. The number of aliphatic hydroxyl groups excluding tert-OH is 1. The molecule has 1 aliphatic carbocycles. The molecule has 0 aromatic heterocycles. The summed E-state index contributed by atoms with van der Waals surface area (Å²) in [6.07, 6.45) is 2.19. The van der Waals surface area contributed by atoms with Crippen molar-refractivity contribution >= 4 is 5.97 Å². The van der Waals surface area contributed by atoms with Crippen molar-refractivity contribution in [1.82, 2.24) is 0 Å². The minimum absolute atomic E-state index is 0.258. The van der Waals surface area contributed by atoms with Crippen molar-refractivity contribution in [1.29, 1.82) is 0 Å². The Balaban J connectivity index is 2.33. The fourth-order valence-corrected chi connectivity index (χ4v) is 1.07. The predicted octanol–water partition coefficient (Wildman–Crippen LogP) is 0.165. The second kappa shape index (κ2) is 3.69. The SMILES string of the molecule is CC(O[C@H]1C=C[C@H](O)C1)C(=O)O. The maximum Gasteiger partial charge on any atom is 0.332 e. The molecule has 68 valence electrons. The van der Waals surface area contributed by atoms with Crippen LogP contribution in [0.5, 0.6) is 0 Å². The first-order valence-corrected chi connectivity index (χ1v) is 3.84. The first-order valence-electron chi connectivity index (χ1n) is 3.84. The van der Waals surface area contributed by atoms with Crippen LogP contribution in [0.1, 0.15) is 13.3 Å². The van der Waals surface area contributed by atoms with Crippen LogP contribution in [0, 0.1) is 0 Å². The molecule has 0 heterocycles. The van der Waals surface area contributed by atoms with E-state index >= 15 is 0 Å². The van der Waals surface area contributed by atoms with Gasteiger partial charge in [0, 0.05) is 6.42 Å². The van der Waals surface area contributed by atoms with E-state index in [1.807, 2.05) is 0 Å². The molecular formula is C8H12O4. The van der Waals surface area contributed by atoms with Gasteiger partial charge in [-0.25, -0.2) is 4.79 Å². The van der Waals surface area contributed by atoms with Crippen molar-refractivity contribution in [3.05, 3.63) is 12.2 Å². The molecule has 4 nitrogen and oxygen atoms in total. The van der Waals surface area contributed by atoms with Gasteiger partial charge in [0.2, 0.25) is 0 Å². The quantitative estimate of drug-likeness (QED) is 0.595. The number of carboxylic acid groups (broad SMARTS) is 1. The van der Waals surface area contributed by atoms with Gasteiger partial charge in [0.25, 0.3) is 0 Å². The van der Waals surface area contributed by atoms with Crippen LogP contribution in [0.3, 0.4) is 0 Å². The van der Waals surface area contributed by atoms with Gasteiger partial charge in [0.15, 0.2) is 6.10 Å². The summed E-state index contributed by atoms with van der Waals surface area (Å²) in [6.45, 7) is 1.47. The lowest BCUT2D eigenvalue weighted by molar-refractivity contribution is -0.151. The molecule has 0 fully saturated rings. The minimum Gasteiger partial charge on any atom is -0.479 e. The van der Waals surface area contributed by atoms with E-state index < -0.39 is 18.2 Å². The molecule has 0 aromatic carbocycles. The first kappa shape index (κ1) is 9.22. The average Bonchev–Trinajstić information content (AvgIpc) is 2.35. The second-order valence-corrected chi connectivity index (χ2v) is 2.84. The van der Waals surface area contributed by atoms with E-state index in [1.165, 1.54) is 6.92 Å². The number of aliphatic hydroxyl groups is 1. The maximum absolute atomic E-state index is 10.4. The number of carboxylic acids is 1. The van der Waals surface area contributed by atoms with Crippen LogP contribution in [0.25, 0.3) is 0 Å². The maximum atomic E-state index is 10.4. The third kappa shape index (κ3) is 2.32. The molecule has 0 amide bonds. The summed E-state index contributed by atoms with van der Waals surface area (Å²) in [6, 6.07) is 0. The Labute approximate surface area is 70.5 Å². The van der Waals surface area contributed by atoms with Gasteiger partial charge in [-0.1, -0.05) is 12.2 Å². The lowest BCUT2D eigenvalue weighted by atomic mass is 10.3. The van der Waals surface area contributed by atoms with E-state index in [4.69, 9.17) is 14.9 Å². The average molecular weight is 172 g/mol. The second-order valence-electron chi connectivity index (χ2n) is 2.84. The highest BCUT2D eigenvalue weighted by Gasteiger charge is 2.21. The Morgan fingerprint density at radius 3 is 2.75 bits per heavy atom. The Morgan fingerprint density at radius 2 is 2.33 bits per heavy atom. The van der Waals surface area contributed by atoms with Gasteiger partial charge in [-0.2, -0.15) is 0 Å². The number of aliphatic carboxylic acids is 1. The zero-order valence-corrected chi connectivity index (χ0v) is 6.80. The summed E-state index contributed by atoms with van der Waals surface area (Å²) >= 11 is 0. The topological polar surface area (TPSA) is 66.8 Å². The van der Waals surface area contributed by atoms with Crippen molar-refractivity contribution in [3.8, 4) is 0 Å². The zero-order valence-electron chi connectivity index (χ0n) is 6.80. The monoisotopic (exact) mass is 172 g/mol. The minimum atomic E-state index is -0.982. The van der Waals surface area contributed by atoms with Crippen LogP contribution in [0.4, 0.5) is 0 Å². The molecule has 1 unspecified atom stereocenters. The van der Waals surface area contributed by atoms with Crippen molar-refractivity contribution in [3.63, 3.8) is 0 Å². The fraction of sp³-hybridized carbons (Fsp3) is 0.625. The summed E-state index contributed by atoms with van der Waals surface area (Å²) in [5.41, 5.74) is 0. The number of hydrogen-bond acceptors (Lipinski definition) is 3. The van der Waals surface area contributed by atoms with Crippen molar-refractivity contribution < 1.29 is 19.7 Å². The summed E-state index contributed by atoms with van der Waals surface area (Å²) in [5.74, 6) is -0.982. The van der Waals surface area contributed by atoms with Crippen LogP contribution in [-0.4, -0.2) is 34.5 Å². The van der Waals surface area contributed by atoms with E-state index in [9.17, 15) is 4.79 Å². The van der Waals surface area contributed by atoms with Crippen LogP contribution in [0.15, 0.2) is 12.2 Å². The number of hydrogen-bond donors (Lipinski definition) is 2. The van der Waals surface area contributed by atoms with Gasteiger partial charge in [-0.15, -0.1) is 0 Å². The molecule has 12 heavy (non-hydrogen) atoms. The normalized spacial score (nSPS) is 30.5. The zero-order chi connectivity index (χ0) is 9.14. The highest BCUT2D eigenvalue weighted by atomic mass is 16.5. The number of carbonyl (C=O) groups is 1. The third-order valence-corrected chi connectivity index (χ3v) is 1.75. The molecule has 0 saturated heterocycles. The Bertz CT molecular complexity index is 199. The van der Waals surface area contributed by atoms with E-state index in [1.54, 1.807) is 12.2 Å². The molecule has 1 rings (SSSR count). The van der Waals surface area contributed by atoms with Gasteiger partial charge in [0.05, 0.1) is 12.2 Å². The number of ether oxygens (including phenoxy) is 1. The van der Waals surface area contributed by atoms with Crippen LogP contribution < -0.4 is 0 Å². The van der Waals surface area contributed by atoms with Gasteiger partial charge < -0.3 is 14.9 Å². The summed E-state index contributed by atoms with van der Waals surface area (Å²) in [7, 11) is 0. The lowest BCUT2D eigenvalue weighted by Crippen LogP contribution is -2.25. The summed E-state index contributed by atoms with van der Waals surface area (Å²) < 4.78 is 5.10. The molecule has 4 heteroatoms. The molecule has 0 bridgehead atoms. The molecule has 0 aliphatic heterocycles. The van der Waals surface area contributed by atoms with Gasteiger partial charge >= 0.3 is 5.97 Å². The van der Waals surface area contributed by atoms with E-state index in [-0.39, 0.29) is 6.10 Å². The highest BCUT2D eigenvalue weighted by Crippen LogP contribution is 2.15. The lowest BCUT2D eigenvalue weighted by Gasteiger charge is -2.13. The third-order valence-electron chi connectivity index (χ3n) is 1.75. The van der Waals surface area contributed by atoms with Crippen molar-refractivity contribution in [2.45, 2.75) is 31.7 Å². The van der Waals surface area contributed by atoms with Gasteiger partial charge in [-0.3, -0.25) is 0 Å². The standard InChI is InChI=1S/C8H12O4/c1-5(8(10)11)12-7-3-2-6(9)4-7/h2-3,5-7,9H,4H2,1H3,(H,10,11)/t5?,6-,7-/m0/s1. The molecule has 0 saturated carbocycles.